The molecule has 20 heavy (non-hydrogen) atoms. The fourth-order valence-corrected chi connectivity index (χ4v) is 3.63. The molecule has 1 unspecified atom stereocenters. The SMILES string of the molecule is C1=NCCCN2CCCCC12.C1CN=C2CCCN2C1. The molecule has 0 saturated carbocycles. The lowest BCUT2D eigenvalue weighted by atomic mass is 10.0. The summed E-state index contributed by atoms with van der Waals surface area (Å²) in [5, 5.41) is 0. The molecule has 2 saturated heterocycles. The third-order valence-electron chi connectivity index (χ3n) is 4.75. The standard InChI is InChI=1S/C9H16N2.C7H12N2/c1-2-6-11-7-3-5-10-8-9(11)4-1;1-3-7-8-4-2-6-9(7)5-1/h8-9H,1-7H2;1-6H2. The molecule has 4 nitrogen and oxygen atoms in total. The minimum atomic E-state index is 0.686. The lowest BCUT2D eigenvalue weighted by molar-refractivity contribution is 0.198. The summed E-state index contributed by atoms with van der Waals surface area (Å²) < 4.78 is 0. The summed E-state index contributed by atoms with van der Waals surface area (Å²) in [6.07, 6.45) is 11.4. The lowest BCUT2D eigenvalue weighted by Gasteiger charge is -2.31. The average molecular weight is 276 g/mol. The van der Waals surface area contributed by atoms with Crippen LogP contribution in [0.3, 0.4) is 0 Å². The van der Waals surface area contributed by atoms with Crippen LogP contribution >= 0.6 is 0 Å². The first kappa shape index (κ1) is 14.1. The Kier molecular flexibility index (Phi) is 5.06. The second kappa shape index (κ2) is 7.21. The van der Waals surface area contributed by atoms with E-state index in [1.165, 1.54) is 77.0 Å². The van der Waals surface area contributed by atoms with E-state index in [2.05, 4.69) is 26.0 Å². The van der Waals surface area contributed by atoms with Crippen molar-refractivity contribution >= 4 is 12.1 Å². The molecule has 0 bridgehead atoms. The van der Waals surface area contributed by atoms with Crippen LogP contribution in [-0.4, -0.2) is 67.2 Å². The summed E-state index contributed by atoms with van der Waals surface area (Å²) in [5.41, 5.74) is 0. The summed E-state index contributed by atoms with van der Waals surface area (Å²) in [5.74, 6) is 1.38. The van der Waals surface area contributed by atoms with Crippen LogP contribution in [0.15, 0.2) is 9.98 Å². The van der Waals surface area contributed by atoms with Gasteiger partial charge in [0, 0.05) is 51.4 Å². The minimum absolute atomic E-state index is 0.686. The Morgan fingerprint density at radius 3 is 2.70 bits per heavy atom. The second-order valence-corrected chi connectivity index (χ2v) is 6.25. The van der Waals surface area contributed by atoms with E-state index in [9.17, 15) is 0 Å². The van der Waals surface area contributed by atoms with Gasteiger partial charge in [0.1, 0.15) is 0 Å². The van der Waals surface area contributed by atoms with E-state index in [-0.39, 0.29) is 0 Å². The van der Waals surface area contributed by atoms with Crippen LogP contribution in [0.2, 0.25) is 0 Å². The topological polar surface area (TPSA) is 31.2 Å². The van der Waals surface area contributed by atoms with Crippen LogP contribution in [0.5, 0.6) is 0 Å². The number of rotatable bonds is 0. The summed E-state index contributed by atoms with van der Waals surface area (Å²) in [4.78, 5) is 13.8. The first-order chi connectivity index (χ1) is 9.93. The quantitative estimate of drug-likeness (QED) is 0.679. The van der Waals surface area contributed by atoms with Gasteiger partial charge in [0.2, 0.25) is 0 Å². The molecule has 4 heteroatoms. The molecule has 0 aromatic heterocycles. The number of hydrogen-bond acceptors (Lipinski definition) is 4. The van der Waals surface area contributed by atoms with E-state index in [4.69, 9.17) is 0 Å². The molecule has 0 amide bonds. The third kappa shape index (κ3) is 3.60. The second-order valence-electron chi connectivity index (χ2n) is 6.25. The molecule has 4 rings (SSSR count). The first-order valence-corrected chi connectivity index (χ1v) is 8.46. The van der Waals surface area contributed by atoms with Crippen LogP contribution in [-0.2, 0) is 0 Å². The Balaban J connectivity index is 0.000000123. The highest BCUT2D eigenvalue weighted by molar-refractivity contribution is 5.84. The van der Waals surface area contributed by atoms with Crippen molar-refractivity contribution in [2.75, 3.05) is 39.3 Å². The number of aliphatic imine (C=N–C) groups is 2. The molecule has 0 aliphatic carbocycles. The van der Waals surface area contributed by atoms with Crippen molar-refractivity contribution in [1.82, 2.24) is 9.80 Å². The molecule has 2 fully saturated rings. The third-order valence-corrected chi connectivity index (χ3v) is 4.75. The van der Waals surface area contributed by atoms with Gasteiger partial charge in [0.25, 0.3) is 0 Å². The van der Waals surface area contributed by atoms with Gasteiger partial charge in [0.05, 0.1) is 5.84 Å². The van der Waals surface area contributed by atoms with Gasteiger partial charge in [-0.3, -0.25) is 14.9 Å². The number of hydrogen-bond donors (Lipinski definition) is 0. The zero-order chi connectivity index (χ0) is 13.6. The Labute approximate surface area is 123 Å². The van der Waals surface area contributed by atoms with Crippen molar-refractivity contribution in [3.63, 3.8) is 0 Å². The Morgan fingerprint density at radius 2 is 1.75 bits per heavy atom. The van der Waals surface area contributed by atoms with Gasteiger partial charge in [0.15, 0.2) is 0 Å². The van der Waals surface area contributed by atoms with Crippen LogP contribution in [0.1, 0.15) is 44.9 Å². The van der Waals surface area contributed by atoms with Gasteiger partial charge in [-0.2, -0.15) is 0 Å². The first-order valence-electron chi connectivity index (χ1n) is 8.46. The number of piperidine rings is 1. The van der Waals surface area contributed by atoms with Crippen LogP contribution < -0.4 is 0 Å². The zero-order valence-corrected chi connectivity index (χ0v) is 12.6. The molecule has 1 atom stereocenters. The Morgan fingerprint density at radius 1 is 0.900 bits per heavy atom. The van der Waals surface area contributed by atoms with Crippen molar-refractivity contribution in [1.29, 1.82) is 0 Å². The summed E-state index contributed by atoms with van der Waals surface area (Å²) in [6, 6.07) is 0.686. The maximum Gasteiger partial charge on any atom is 0.0989 e. The Hall–Kier alpha value is -0.900. The van der Waals surface area contributed by atoms with E-state index in [0.717, 1.165) is 13.1 Å². The average Bonchev–Trinajstić information content (AvgIpc) is 2.85. The van der Waals surface area contributed by atoms with Crippen LogP contribution in [0.4, 0.5) is 0 Å². The predicted molar refractivity (Wildman–Crippen MR) is 84.9 cm³/mol. The van der Waals surface area contributed by atoms with Crippen LogP contribution in [0, 0.1) is 0 Å². The molecular formula is C16H28N4. The molecule has 0 radical (unpaired) electrons. The monoisotopic (exact) mass is 276 g/mol. The highest BCUT2D eigenvalue weighted by atomic mass is 15.2. The van der Waals surface area contributed by atoms with Crippen molar-refractivity contribution in [2.45, 2.75) is 51.0 Å². The number of nitrogens with zero attached hydrogens (tertiary/aromatic N) is 4. The fourth-order valence-electron chi connectivity index (χ4n) is 3.63. The maximum absolute atomic E-state index is 4.43. The highest BCUT2D eigenvalue weighted by Gasteiger charge is 2.21. The number of fused-ring (bicyclic) bond motifs is 2. The largest absolute Gasteiger partial charge is 0.360 e. The van der Waals surface area contributed by atoms with Gasteiger partial charge in [-0.15, -0.1) is 0 Å². The van der Waals surface area contributed by atoms with E-state index in [1.807, 2.05) is 0 Å². The van der Waals surface area contributed by atoms with Gasteiger partial charge in [-0.25, -0.2) is 0 Å². The Bertz CT molecular complexity index is 363. The van der Waals surface area contributed by atoms with Crippen molar-refractivity contribution in [3.05, 3.63) is 0 Å². The summed E-state index contributed by atoms with van der Waals surface area (Å²) >= 11 is 0. The van der Waals surface area contributed by atoms with E-state index < -0.39 is 0 Å². The van der Waals surface area contributed by atoms with Crippen molar-refractivity contribution < 1.29 is 0 Å². The van der Waals surface area contributed by atoms with Crippen molar-refractivity contribution in [3.8, 4) is 0 Å². The molecular weight excluding hydrogens is 248 g/mol. The zero-order valence-electron chi connectivity index (χ0n) is 12.6. The molecule has 0 aromatic rings. The van der Waals surface area contributed by atoms with Crippen molar-refractivity contribution in [2.24, 2.45) is 9.98 Å². The molecule has 0 N–H and O–H groups in total. The molecule has 4 heterocycles. The van der Waals surface area contributed by atoms with Gasteiger partial charge >= 0.3 is 0 Å². The lowest BCUT2D eigenvalue weighted by Crippen LogP contribution is -2.40. The molecule has 4 aliphatic heterocycles. The van der Waals surface area contributed by atoms with Gasteiger partial charge < -0.3 is 4.90 Å². The maximum atomic E-state index is 4.43. The summed E-state index contributed by atoms with van der Waals surface area (Å²) in [6.45, 7) is 7.22. The fraction of sp³-hybridized carbons (Fsp3) is 0.875. The summed E-state index contributed by atoms with van der Waals surface area (Å²) in [7, 11) is 0. The predicted octanol–water partition coefficient (Wildman–Crippen LogP) is 2.20. The number of amidine groups is 1. The van der Waals surface area contributed by atoms with Gasteiger partial charge in [-0.05, 0) is 38.6 Å². The van der Waals surface area contributed by atoms with Gasteiger partial charge in [-0.1, -0.05) is 6.42 Å². The molecule has 112 valence electrons. The highest BCUT2D eigenvalue weighted by Crippen LogP contribution is 2.17. The molecule has 4 aliphatic rings. The molecule has 0 spiro atoms. The minimum Gasteiger partial charge on any atom is -0.360 e. The normalized spacial score (nSPS) is 29.7. The van der Waals surface area contributed by atoms with E-state index >= 15 is 0 Å². The smallest absolute Gasteiger partial charge is 0.0989 e. The molecule has 0 aromatic carbocycles. The van der Waals surface area contributed by atoms with E-state index in [0.29, 0.717) is 6.04 Å². The van der Waals surface area contributed by atoms with Crippen LogP contribution in [0.25, 0.3) is 0 Å². The van der Waals surface area contributed by atoms with E-state index in [1.54, 1.807) is 0 Å².